The van der Waals surface area contributed by atoms with Gasteiger partial charge >= 0.3 is 0 Å². The van der Waals surface area contributed by atoms with E-state index in [4.69, 9.17) is 10.2 Å². The first-order chi connectivity index (χ1) is 4.31. The van der Waals surface area contributed by atoms with Gasteiger partial charge in [-0.1, -0.05) is 18.2 Å². The van der Waals surface area contributed by atoms with Crippen LogP contribution in [0.1, 0.15) is 6.42 Å². The third-order valence-electron chi connectivity index (χ3n) is 0.872. The summed E-state index contributed by atoms with van der Waals surface area (Å²) in [5.41, 5.74) is 0. The van der Waals surface area contributed by atoms with Gasteiger partial charge in [0, 0.05) is 0 Å². The molecule has 52 valence electrons. The third-order valence-corrected chi connectivity index (χ3v) is 0.872. The summed E-state index contributed by atoms with van der Waals surface area (Å²) in [6.07, 6.45) is 4.73. The first kappa shape index (κ1) is 8.40. The van der Waals surface area contributed by atoms with Crippen molar-refractivity contribution in [1.82, 2.24) is 0 Å². The van der Waals surface area contributed by atoms with Gasteiger partial charge in [-0.25, -0.2) is 0 Å². The van der Waals surface area contributed by atoms with Gasteiger partial charge in [0.25, 0.3) is 0 Å². The van der Waals surface area contributed by atoms with Crippen molar-refractivity contribution >= 4 is 0 Å². The third kappa shape index (κ3) is 5.27. The topological polar surface area (TPSA) is 40.5 Å². The Morgan fingerprint density at radius 2 is 2.22 bits per heavy atom. The molecule has 0 heterocycles. The second kappa shape index (κ2) is 5.54. The van der Waals surface area contributed by atoms with Crippen molar-refractivity contribution in [2.24, 2.45) is 0 Å². The minimum absolute atomic E-state index is 0.0196. The molecule has 0 aromatic rings. The summed E-state index contributed by atoms with van der Waals surface area (Å²) in [6.45, 7) is 3.43. The van der Waals surface area contributed by atoms with Crippen molar-refractivity contribution in [2.75, 3.05) is 6.61 Å². The summed E-state index contributed by atoms with van der Waals surface area (Å²) in [5.74, 6) is 0. The summed E-state index contributed by atoms with van der Waals surface area (Å²) < 4.78 is 0. The van der Waals surface area contributed by atoms with Gasteiger partial charge in [-0.3, -0.25) is 0 Å². The first-order valence-corrected chi connectivity index (χ1v) is 2.87. The van der Waals surface area contributed by atoms with E-state index in [0.29, 0.717) is 6.42 Å². The standard InChI is InChI=1S/C7H12O2/c1-2-4-7(9)5-3-6-8/h2-3,5,7-9H,1,4,6H2. The molecular formula is C7H12O2. The van der Waals surface area contributed by atoms with Crippen LogP contribution in [0.4, 0.5) is 0 Å². The second-order valence-electron chi connectivity index (χ2n) is 1.70. The second-order valence-corrected chi connectivity index (χ2v) is 1.70. The molecule has 0 rings (SSSR count). The van der Waals surface area contributed by atoms with E-state index in [9.17, 15) is 0 Å². The highest BCUT2D eigenvalue weighted by molar-refractivity contribution is 4.91. The van der Waals surface area contributed by atoms with Crippen molar-refractivity contribution in [3.05, 3.63) is 24.8 Å². The molecule has 0 aromatic carbocycles. The molecule has 1 unspecified atom stereocenters. The summed E-state index contributed by atoms with van der Waals surface area (Å²) >= 11 is 0. The van der Waals surface area contributed by atoms with E-state index < -0.39 is 6.10 Å². The predicted molar refractivity (Wildman–Crippen MR) is 37.0 cm³/mol. The molecule has 0 aliphatic carbocycles. The Bertz CT molecular complexity index is 97.1. The smallest absolute Gasteiger partial charge is 0.0756 e. The molecule has 0 radical (unpaired) electrons. The zero-order chi connectivity index (χ0) is 7.11. The summed E-state index contributed by atoms with van der Waals surface area (Å²) in [4.78, 5) is 0. The van der Waals surface area contributed by atoms with Gasteiger partial charge < -0.3 is 10.2 Å². The summed E-state index contributed by atoms with van der Waals surface area (Å²) in [7, 11) is 0. The number of hydrogen-bond donors (Lipinski definition) is 2. The molecule has 2 N–H and O–H groups in total. The molecule has 0 bridgehead atoms. The van der Waals surface area contributed by atoms with Crippen LogP contribution in [0.2, 0.25) is 0 Å². The van der Waals surface area contributed by atoms with Gasteiger partial charge in [0.2, 0.25) is 0 Å². The zero-order valence-electron chi connectivity index (χ0n) is 5.33. The molecule has 9 heavy (non-hydrogen) atoms. The van der Waals surface area contributed by atoms with Crippen LogP contribution in [0.25, 0.3) is 0 Å². The fourth-order valence-electron chi connectivity index (χ4n) is 0.467. The van der Waals surface area contributed by atoms with Crippen LogP contribution in [-0.2, 0) is 0 Å². The van der Waals surface area contributed by atoms with E-state index in [-0.39, 0.29) is 6.61 Å². The number of hydrogen-bond acceptors (Lipinski definition) is 2. The average Bonchev–Trinajstić information content (AvgIpc) is 1.85. The Kier molecular flexibility index (Phi) is 5.17. The molecule has 0 fully saturated rings. The fraction of sp³-hybridized carbons (Fsp3) is 0.429. The molecule has 0 spiro atoms. The van der Waals surface area contributed by atoms with E-state index in [1.54, 1.807) is 12.2 Å². The monoisotopic (exact) mass is 128 g/mol. The highest BCUT2D eigenvalue weighted by Crippen LogP contribution is 1.92. The molecule has 0 aliphatic heterocycles. The lowest BCUT2D eigenvalue weighted by Crippen LogP contribution is -1.99. The molecule has 0 amide bonds. The maximum atomic E-state index is 8.91. The number of aliphatic hydroxyl groups is 2. The maximum absolute atomic E-state index is 8.91. The zero-order valence-corrected chi connectivity index (χ0v) is 5.33. The largest absolute Gasteiger partial charge is 0.392 e. The number of rotatable bonds is 4. The molecule has 2 heteroatoms. The van der Waals surface area contributed by atoms with E-state index >= 15 is 0 Å². The molecular weight excluding hydrogens is 116 g/mol. The summed E-state index contributed by atoms with van der Waals surface area (Å²) in [5, 5.41) is 17.2. The van der Waals surface area contributed by atoms with Crippen molar-refractivity contribution in [3.63, 3.8) is 0 Å². The fourth-order valence-corrected chi connectivity index (χ4v) is 0.467. The maximum Gasteiger partial charge on any atom is 0.0756 e. The highest BCUT2D eigenvalue weighted by atomic mass is 16.3. The Labute approximate surface area is 55.1 Å². The van der Waals surface area contributed by atoms with Gasteiger partial charge in [0.15, 0.2) is 0 Å². The Hall–Kier alpha value is -0.600. The quantitative estimate of drug-likeness (QED) is 0.540. The van der Waals surface area contributed by atoms with E-state index in [2.05, 4.69) is 6.58 Å². The van der Waals surface area contributed by atoms with Crippen LogP contribution in [0.15, 0.2) is 24.8 Å². The highest BCUT2D eigenvalue weighted by Gasteiger charge is 1.91. The van der Waals surface area contributed by atoms with Gasteiger partial charge in [0.1, 0.15) is 0 Å². The van der Waals surface area contributed by atoms with E-state index in [0.717, 1.165) is 0 Å². The van der Waals surface area contributed by atoms with Crippen LogP contribution in [0, 0.1) is 0 Å². The van der Waals surface area contributed by atoms with Crippen LogP contribution in [0.3, 0.4) is 0 Å². The summed E-state index contributed by atoms with van der Waals surface area (Å²) in [6, 6.07) is 0. The van der Waals surface area contributed by atoms with E-state index in [1.807, 2.05) is 0 Å². The van der Waals surface area contributed by atoms with Crippen LogP contribution < -0.4 is 0 Å². The van der Waals surface area contributed by atoms with Crippen LogP contribution in [-0.4, -0.2) is 22.9 Å². The number of aliphatic hydroxyl groups excluding tert-OH is 2. The molecule has 2 nitrogen and oxygen atoms in total. The average molecular weight is 128 g/mol. The van der Waals surface area contributed by atoms with Gasteiger partial charge in [-0.15, -0.1) is 6.58 Å². The van der Waals surface area contributed by atoms with Crippen LogP contribution >= 0.6 is 0 Å². The normalized spacial score (nSPS) is 14.0. The molecule has 0 saturated carbocycles. The lowest BCUT2D eigenvalue weighted by atomic mass is 10.2. The Morgan fingerprint density at radius 3 is 2.67 bits per heavy atom. The van der Waals surface area contributed by atoms with Gasteiger partial charge in [0.05, 0.1) is 12.7 Å². The minimum Gasteiger partial charge on any atom is -0.392 e. The SMILES string of the molecule is C=CCC(O)C=CCO. The lowest BCUT2D eigenvalue weighted by Gasteiger charge is -1.97. The van der Waals surface area contributed by atoms with Gasteiger partial charge in [-0.05, 0) is 6.42 Å². The minimum atomic E-state index is -0.491. The molecule has 0 saturated heterocycles. The molecule has 1 atom stereocenters. The van der Waals surface area contributed by atoms with Crippen molar-refractivity contribution in [3.8, 4) is 0 Å². The van der Waals surface area contributed by atoms with E-state index in [1.165, 1.54) is 6.08 Å². The molecule has 0 aromatic heterocycles. The van der Waals surface area contributed by atoms with Crippen LogP contribution in [0.5, 0.6) is 0 Å². The Morgan fingerprint density at radius 1 is 1.56 bits per heavy atom. The lowest BCUT2D eigenvalue weighted by molar-refractivity contribution is 0.225. The van der Waals surface area contributed by atoms with Crippen molar-refractivity contribution in [1.29, 1.82) is 0 Å². The predicted octanol–water partition coefficient (Wildman–Crippen LogP) is 0.472. The molecule has 0 aliphatic rings. The van der Waals surface area contributed by atoms with Gasteiger partial charge in [-0.2, -0.15) is 0 Å². The van der Waals surface area contributed by atoms with Crippen molar-refractivity contribution < 1.29 is 10.2 Å². The Balaban J connectivity index is 3.35. The van der Waals surface area contributed by atoms with Crippen molar-refractivity contribution in [2.45, 2.75) is 12.5 Å². The first-order valence-electron chi connectivity index (χ1n) is 2.87.